The summed E-state index contributed by atoms with van der Waals surface area (Å²) in [6, 6.07) is 25.8. The first-order chi connectivity index (χ1) is 15.6. The molecule has 0 spiro atoms. The number of hydrogen-bond acceptors (Lipinski definition) is 3. The molecular weight excluding hydrogens is 482 g/mol. The third-order valence-electron chi connectivity index (χ3n) is 5.07. The van der Waals surface area contributed by atoms with E-state index in [9.17, 15) is 15.2 Å². The van der Waals surface area contributed by atoms with E-state index in [2.05, 4.69) is 40.2 Å². The van der Waals surface area contributed by atoms with Gasteiger partial charge in [-0.05, 0) is 67.6 Å². The number of nitriles is 1. The lowest BCUT2D eigenvalue weighted by molar-refractivity contribution is 0.0695. The van der Waals surface area contributed by atoms with Crippen LogP contribution < -0.4 is 0 Å². The summed E-state index contributed by atoms with van der Waals surface area (Å²) in [6.07, 6.45) is 6.40. The molecule has 0 aliphatic carbocycles. The van der Waals surface area contributed by atoms with Gasteiger partial charge < -0.3 is 5.11 Å². The lowest BCUT2D eigenvalue weighted by atomic mass is 10.00. The molecule has 0 aromatic heterocycles. The van der Waals surface area contributed by atoms with Gasteiger partial charge >= 0.3 is 5.97 Å². The van der Waals surface area contributed by atoms with Gasteiger partial charge in [-0.2, -0.15) is 5.26 Å². The molecule has 3 aromatic rings. The van der Waals surface area contributed by atoms with Crippen LogP contribution in [-0.2, 0) is 6.42 Å². The molecule has 0 unspecified atom stereocenters. The number of halogens is 1. The van der Waals surface area contributed by atoms with Crippen molar-refractivity contribution >= 4 is 39.2 Å². The van der Waals surface area contributed by atoms with Crippen LogP contribution in [0.15, 0.2) is 93.1 Å². The number of hydrogen-bond donors (Lipinski definition) is 1. The van der Waals surface area contributed by atoms with E-state index in [1.807, 2.05) is 48.5 Å². The second-order valence-corrected chi connectivity index (χ2v) is 9.38. The first-order valence-corrected chi connectivity index (χ1v) is 12.1. The Balaban J connectivity index is 1.57. The fraction of sp³-hybridized carbons (Fsp3) is 0.185. The highest BCUT2D eigenvalue weighted by Crippen LogP contribution is 2.33. The number of aryl methyl sites for hydroxylation is 1. The van der Waals surface area contributed by atoms with Gasteiger partial charge in [0.05, 0.1) is 17.2 Å². The molecule has 0 bridgehead atoms. The third-order valence-corrected chi connectivity index (χ3v) is 6.64. The van der Waals surface area contributed by atoms with Crippen molar-refractivity contribution in [1.29, 1.82) is 5.26 Å². The number of carboxylic acid groups (broad SMARTS) is 1. The number of unbranched alkanes of at least 4 members (excludes halogenated alkanes) is 3. The van der Waals surface area contributed by atoms with Crippen molar-refractivity contribution in [3.63, 3.8) is 0 Å². The Morgan fingerprint density at radius 3 is 2.47 bits per heavy atom. The van der Waals surface area contributed by atoms with Crippen LogP contribution in [0.3, 0.4) is 0 Å². The first kappa shape index (κ1) is 23.8. The van der Waals surface area contributed by atoms with Crippen LogP contribution in [0.2, 0.25) is 0 Å². The Bertz CT molecular complexity index is 1140. The minimum atomic E-state index is -0.888. The Morgan fingerprint density at radius 1 is 0.969 bits per heavy atom. The van der Waals surface area contributed by atoms with E-state index < -0.39 is 5.97 Å². The number of rotatable bonds is 10. The van der Waals surface area contributed by atoms with Gasteiger partial charge in [0.25, 0.3) is 0 Å². The summed E-state index contributed by atoms with van der Waals surface area (Å²) in [5, 5.41) is 19.1. The van der Waals surface area contributed by atoms with Crippen LogP contribution in [0.1, 0.15) is 47.2 Å². The van der Waals surface area contributed by atoms with Crippen LogP contribution in [0.5, 0.6) is 0 Å². The molecule has 0 saturated carbocycles. The molecule has 3 aromatic carbocycles. The zero-order valence-corrected chi connectivity index (χ0v) is 20.0. The lowest BCUT2D eigenvalue weighted by Gasteiger charge is -2.09. The van der Waals surface area contributed by atoms with Gasteiger partial charge in [-0.1, -0.05) is 76.6 Å². The summed E-state index contributed by atoms with van der Waals surface area (Å²) in [5.74, 6) is -0.888. The topological polar surface area (TPSA) is 61.1 Å². The summed E-state index contributed by atoms with van der Waals surface area (Å²) >= 11 is 5.08. The van der Waals surface area contributed by atoms with Gasteiger partial charge in [-0.15, -0.1) is 0 Å². The number of allylic oxidation sites excluding steroid dienone is 2. The quantitative estimate of drug-likeness (QED) is 0.224. The standard InChI is InChI=1S/C27H24BrNO2S/c28-22-16-17-25(27(30)31)20(18-22)10-4-1-2-5-11-21(19-29)24-14-8-9-15-26(24)32-23-12-6-3-7-13-23/h3,6-9,11-18H,1-2,4-5,10H2,(H,30,31)/b21-11+. The van der Waals surface area contributed by atoms with Gasteiger partial charge in [-0.3, -0.25) is 0 Å². The van der Waals surface area contributed by atoms with E-state index in [-0.39, 0.29) is 0 Å². The highest BCUT2D eigenvalue weighted by molar-refractivity contribution is 9.10. The normalized spacial score (nSPS) is 11.2. The highest BCUT2D eigenvalue weighted by Gasteiger charge is 2.10. The first-order valence-electron chi connectivity index (χ1n) is 10.5. The van der Waals surface area contributed by atoms with Gasteiger partial charge in [0.1, 0.15) is 0 Å². The SMILES string of the molecule is N#C/C(=C\CCCCCc1cc(Br)ccc1C(=O)O)c1ccccc1Sc1ccccc1. The maximum atomic E-state index is 11.4. The van der Waals surface area contributed by atoms with Crippen LogP contribution in [0.25, 0.3) is 5.57 Å². The van der Waals surface area contributed by atoms with Gasteiger partial charge in [0, 0.05) is 19.8 Å². The van der Waals surface area contributed by atoms with Crippen LogP contribution >= 0.6 is 27.7 Å². The molecule has 32 heavy (non-hydrogen) atoms. The average Bonchev–Trinajstić information content (AvgIpc) is 2.80. The molecule has 1 N–H and O–H groups in total. The highest BCUT2D eigenvalue weighted by atomic mass is 79.9. The lowest BCUT2D eigenvalue weighted by Crippen LogP contribution is -2.02. The molecule has 0 heterocycles. The van der Waals surface area contributed by atoms with Crippen molar-refractivity contribution in [2.75, 3.05) is 0 Å². The van der Waals surface area contributed by atoms with E-state index in [1.54, 1.807) is 23.9 Å². The summed E-state index contributed by atoms with van der Waals surface area (Å²) in [5.41, 5.74) is 2.88. The van der Waals surface area contributed by atoms with Gasteiger partial charge in [0.15, 0.2) is 0 Å². The molecule has 3 rings (SSSR count). The number of carboxylic acids is 1. The van der Waals surface area contributed by atoms with Gasteiger partial charge in [0.2, 0.25) is 0 Å². The molecule has 0 radical (unpaired) electrons. The molecule has 0 fully saturated rings. The van der Waals surface area contributed by atoms with Crippen molar-refractivity contribution in [2.45, 2.75) is 41.9 Å². The number of aromatic carboxylic acids is 1. The maximum absolute atomic E-state index is 11.4. The van der Waals surface area contributed by atoms with Crippen molar-refractivity contribution in [1.82, 2.24) is 0 Å². The van der Waals surface area contributed by atoms with Crippen LogP contribution in [-0.4, -0.2) is 11.1 Å². The molecule has 0 atom stereocenters. The molecular formula is C27H24BrNO2S. The minimum absolute atomic E-state index is 0.368. The average molecular weight is 506 g/mol. The van der Waals surface area contributed by atoms with E-state index in [0.717, 1.165) is 57.5 Å². The number of benzene rings is 3. The molecule has 0 aliphatic heterocycles. The Hall–Kier alpha value is -2.81. The Kier molecular flexibility index (Phi) is 9.15. The van der Waals surface area contributed by atoms with Crippen molar-refractivity contribution < 1.29 is 9.90 Å². The number of nitrogens with zero attached hydrogens (tertiary/aromatic N) is 1. The van der Waals surface area contributed by atoms with Crippen LogP contribution in [0.4, 0.5) is 0 Å². The summed E-state index contributed by atoms with van der Waals surface area (Å²) in [4.78, 5) is 13.6. The van der Waals surface area contributed by atoms with Crippen molar-refractivity contribution in [2.24, 2.45) is 0 Å². The van der Waals surface area contributed by atoms with E-state index >= 15 is 0 Å². The predicted octanol–water partition coefficient (Wildman–Crippen LogP) is 8.01. The van der Waals surface area contributed by atoms with E-state index in [0.29, 0.717) is 11.1 Å². The fourth-order valence-corrected chi connectivity index (χ4v) is 4.86. The summed E-state index contributed by atoms with van der Waals surface area (Å²) < 4.78 is 0.895. The Morgan fingerprint density at radius 2 is 1.72 bits per heavy atom. The zero-order chi connectivity index (χ0) is 22.8. The minimum Gasteiger partial charge on any atom is -0.478 e. The van der Waals surface area contributed by atoms with E-state index in [1.165, 1.54) is 0 Å². The second-order valence-electron chi connectivity index (χ2n) is 7.35. The predicted molar refractivity (Wildman–Crippen MR) is 134 cm³/mol. The molecule has 0 amide bonds. The van der Waals surface area contributed by atoms with Crippen molar-refractivity contribution in [3.8, 4) is 6.07 Å². The summed E-state index contributed by atoms with van der Waals surface area (Å²) in [7, 11) is 0. The van der Waals surface area contributed by atoms with Crippen molar-refractivity contribution in [3.05, 3.63) is 100 Å². The molecule has 162 valence electrons. The van der Waals surface area contributed by atoms with Crippen LogP contribution in [0, 0.1) is 11.3 Å². The largest absolute Gasteiger partial charge is 0.478 e. The summed E-state index contributed by atoms with van der Waals surface area (Å²) in [6.45, 7) is 0. The Labute approximate surface area is 201 Å². The van der Waals surface area contributed by atoms with Gasteiger partial charge in [-0.25, -0.2) is 4.79 Å². The molecule has 0 saturated heterocycles. The second kappa shape index (κ2) is 12.3. The smallest absolute Gasteiger partial charge is 0.335 e. The molecule has 3 nitrogen and oxygen atoms in total. The fourth-order valence-electron chi connectivity index (χ4n) is 3.47. The third kappa shape index (κ3) is 6.85. The maximum Gasteiger partial charge on any atom is 0.335 e. The monoisotopic (exact) mass is 505 g/mol. The zero-order valence-electron chi connectivity index (χ0n) is 17.6. The molecule has 5 heteroatoms. The van der Waals surface area contributed by atoms with E-state index in [4.69, 9.17) is 0 Å². The number of carbonyl (C=O) groups is 1. The molecule has 0 aliphatic rings.